The van der Waals surface area contributed by atoms with E-state index in [0.717, 1.165) is 28.0 Å². The van der Waals surface area contributed by atoms with Gasteiger partial charge in [-0.2, -0.15) is 0 Å². The Morgan fingerprint density at radius 1 is 1.29 bits per heavy atom. The van der Waals surface area contributed by atoms with Gasteiger partial charge in [0.05, 0.1) is 13.5 Å². The first-order valence-electron chi connectivity index (χ1n) is 5.60. The van der Waals surface area contributed by atoms with E-state index in [1.54, 1.807) is 14.2 Å². The van der Waals surface area contributed by atoms with E-state index in [2.05, 4.69) is 10.9 Å². The maximum atomic E-state index is 11.6. The zero-order chi connectivity index (χ0) is 13.0. The SMILES string of the molecule is CNNC(=O)Cc1c(C)cc(OC)c(C)c1C. The van der Waals surface area contributed by atoms with Crippen molar-refractivity contribution in [1.82, 2.24) is 10.9 Å². The smallest absolute Gasteiger partial charge is 0.238 e. The van der Waals surface area contributed by atoms with Crippen molar-refractivity contribution in [1.29, 1.82) is 0 Å². The topological polar surface area (TPSA) is 50.4 Å². The van der Waals surface area contributed by atoms with Gasteiger partial charge in [0.2, 0.25) is 5.91 Å². The van der Waals surface area contributed by atoms with Crippen LogP contribution < -0.4 is 15.6 Å². The summed E-state index contributed by atoms with van der Waals surface area (Å²) in [6, 6.07) is 1.98. The maximum Gasteiger partial charge on any atom is 0.238 e. The lowest BCUT2D eigenvalue weighted by molar-refractivity contribution is -0.121. The fourth-order valence-corrected chi connectivity index (χ4v) is 1.93. The highest BCUT2D eigenvalue weighted by Gasteiger charge is 2.13. The van der Waals surface area contributed by atoms with Gasteiger partial charge in [0.1, 0.15) is 5.75 Å². The normalized spacial score (nSPS) is 10.2. The summed E-state index contributed by atoms with van der Waals surface area (Å²) in [5, 5.41) is 0. The molecule has 1 aromatic rings. The van der Waals surface area contributed by atoms with Crippen molar-refractivity contribution >= 4 is 5.91 Å². The summed E-state index contributed by atoms with van der Waals surface area (Å²) in [5.41, 5.74) is 9.57. The Morgan fingerprint density at radius 2 is 1.94 bits per heavy atom. The number of hydrogen-bond acceptors (Lipinski definition) is 3. The molecule has 0 fully saturated rings. The first-order valence-corrected chi connectivity index (χ1v) is 5.60. The largest absolute Gasteiger partial charge is 0.496 e. The molecule has 4 heteroatoms. The van der Waals surface area contributed by atoms with Crippen LogP contribution in [-0.2, 0) is 11.2 Å². The fraction of sp³-hybridized carbons (Fsp3) is 0.462. The second-order valence-electron chi connectivity index (χ2n) is 4.10. The summed E-state index contributed by atoms with van der Waals surface area (Å²) in [4.78, 5) is 11.6. The Bertz CT molecular complexity index is 428. The summed E-state index contributed by atoms with van der Waals surface area (Å²) in [6.45, 7) is 6.02. The Labute approximate surface area is 102 Å². The lowest BCUT2D eigenvalue weighted by Crippen LogP contribution is -2.35. The predicted octanol–water partition coefficient (Wildman–Crippen LogP) is 1.41. The molecular formula is C13H20N2O2. The van der Waals surface area contributed by atoms with Gasteiger partial charge in [-0.15, -0.1) is 0 Å². The van der Waals surface area contributed by atoms with Gasteiger partial charge < -0.3 is 4.74 Å². The first kappa shape index (κ1) is 13.5. The van der Waals surface area contributed by atoms with E-state index < -0.39 is 0 Å². The van der Waals surface area contributed by atoms with Gasteiger partial charge >= 0.3 is 0 Å². The van der Waals surface area contributed by atoms with Crippen LogP contribution in [0.1, 0.15) is 22.3 Å². The van der Waals surface area contributed by atoms with Gasteiger partial charge in [-0.3, -0.25) is 10.2 Å². The van der Waals surface area contributed by atoms with Crippen LogP contribution in [0.5, 0.6) is 5.75 Å². The van der Waals surface area contributed by atoms with Crippen LogP contribution in [0.3, 0.4) is 0 Å². The van der Waals surface area contributed by atoms with Crippen molar-refractivity contribution in [2.75, 3.05) is 14.2 Å². The van der Waals surface area contributed by atoms with Crippen LogP contribution >= 0.6 is 0 Å². The number of carbonyl (C=O) groups excluding carboxylic acids is 1. The third-order valence-corrected chi connectivity index (χ3v) is 3.03. The molecule has 0 aliphatic rings. The minimum absolute atomic E-state index is 0.0386. The summed E-state index contributed by atoms with van der Waals surface area (Å²) >= 11 is 0. The molecular weight excluding hydrogens is 216 g/mol. The molecule has 0 aliphatic heterocycles. The Morgan fingerprint density at radius 3 is 2.47 bits per heavy atom. The van der Waals surface area contributed by atoms with Crippen LogP contribution in [0, 0.1) is 20.8 Å². The standard InChI is InChI=1S/C13H20N2O2/c1-8-6-12(17-5)10(3)9(2)11(8)7-13(16)15-14-4/h6,14H,7H2,1-5H3,(H,15,16). The second-order valence-corrected chi connectivity index (χ2v) is 4.10. The highest BCUT2D eigenvalue weighted by Crippen LogP contribution is 2.27. The highest BCUT2D eigenvalue weighted by atomic mass is 16.5. The number of benzene rings is 1. The summed E-state index contributed by atoms with van der Waals surface area (Å²) in [7, 11) is 3.34. The second kappa shape index (κ2) is 5.68. The quantitative estimate of drug-likeness (QED) is 0.777. The lowest BCUT2D eigenvalue weighted by atomic mass is 9.95. The maximum absolute atomic E-state index is 11.6. The van der Waals surface area contributed by atoms with E-state index in [9.17, 15) is 4.79 Å². The van der Waals surface area contributed by atoms with Gasteiger partial charge in [0, 0.05) is 7.05 Å². The number of hydrazine groups is 1. The van der Waals surface area contributed by atoms with Crippen LogP contribution in [0.25, 0.3) is 0 Å². The molecule has 1 aromatic carbocycles. The monoisotopic (exact) mass is 236 g/mol. The average molecular weight is 236 g/mol. The number of ether oxygens (including phenoxy) is 1. The van der Waals surface area contributed by atoms with Crippen LogP contribution in [-0.4, -0.2) is 20.1 Å². The molecule has 1 rings (SSSR count). The zero-order valence-electron chi connectivity index (χ0n) is 11.1. The molecule has 0 unspecified atom stereocenters. The van der Waals surface area contributed by atoms with E-state index in [1.165, 1.54) is 0 Å². The number of nitrogens with one attached hydrogen (secondary N) is 2. The molecule has 0 heterocycles. The number of amides is 1. The molecule has 0 radical (unpaired) electrons. The number of rotatable bonds is 4. The molecule has 17 heavy (non-hydrogen) atoms. The van der Waals surface area contributed by atoms with Crippen molar-refractivity contribution in [3.8, 4) is 5.75 Å². The van der Waals surface area contributed by atoms with Crippen LogP contribution in [0.2, 0.25) is 0 Å². The molecule has 0 spiro atoms. The molecule has 0 saturated carbocycles. The Kier molecular flexibility index (Phi) is 4.52. The summed E-state index contributed by atoms with van der Waals surface area (Å²) in [6.07, 6.45) is 0.378. The van der Waals surface area contributed by atoms with Crippen LogP contribution in [0.4, 0.5) is 0 Å². The van der Waals surface area contributed by atoms with Crippen molar-refractivity contribution < 1.29 is 9.53 Å². The fourth-order valence-electron chi connectivity index (χ4n) is 1.93. The predicted molar refractivity (Wildman–Crippen MR) is 68.1 cm³/mol. The van der Waals surface area contributed by atoms with Crippen LogP contribution in [0.15, 0.2) is 6.07 Å². The molecule has 0 aliphatic carbocycles. The third kappa shape index (κ3) is 2.97. The summed E-state index contributed by atoms with van der Waals surface area (Å²) < 4.78 is 5.30. The highest BCUT2D eigenvalue weighted by molar-refractivity contribution is 5.79. The van der Waals surface area contributed by atoms with Crippen molar-refractivity contribution in [2.24, 2.45) is 0 Å². The number of carbonyl (C=O) groups is 1. The zero-order valence-corrected chi connectivity index (χ0v) is 11.1. The van der Waals surface area contributed by atoms with E-state index in [0.29, 0.717) is 6.42 Å². The molecule has 0 saturated heterocycles. The Hall–Kier alpha value is -1.55. The Balaban J connectivity index is 3.08. The van der Waals surface area contributed by atoms with Crippen molar-refractivity contribution in [2.45, 2.75) is 27.2 Å². The molecule has 94 valence electrons. The van der Waals surface area contributed by atoms with Crippen molar-refractivity contribution in [3.05, 3.63) is 28.3 Å². The molecule has 0 aromatic heterocycles. The lowest BCUT2D eigenvalue weighted by Gasteiger charge is -2.15. The molecule has 1 amide bonds. The van der Waals surface area contributed by atoms with Gasteiger partial charge in [0.15, 0.2) is 0 Å². The minimum atomic E-state index is -0.0386. The molecule has 0 bridgehead atoms. The molecule has 0 atom stereocenters. The van der Waals surface area contributed by atoms with E-state index in [1.807, 2.05) is 26.8 Å². The minimum Gasteiger partial charge on any atom is -0.496 e. The number of methoxy groups -OCH3 is 1. The molecule has 2 N–H and O–H groups in total. The van der Waals surface area contributed by atoms with Gasteiger partial charge in [-0.05, 0) is 49.1 Å². The summed E-state index contributed by atoms with van der Waals surface area (Å²) in [5.74, 6) is 0.834. The first-order chi connectivity index (χ1) is 8.01. The number of aryl methyl sites for hydroxylation is 1. The van der Waals surface area contributed by atoms with Gasteiger partial charge in [-0.25, -0.2) is 5.43 Å². The van der Waals surface area contributed by atoms with Gasteiger partial charge in [0.25, 0.3) is 0 Å². The van der Waals surface area contributed by atoms with E-state index >= 15 is 0 Å². The number of hydrogen-bond donors (Lipinski definition) is 2. The van der Waals surface area contributed by atoms with E-state index in [-0.39, 0.29) is 5.91 Å². The van der Waals surface area contributed by atoms with Crippen molar-refractivity contribution in [3.63, 3.8) is 0 Å². The molecule has 4 nitrogen and oxygen atoms in total. The van der Waals surface area contributed by atoms with Gasteiger partial charge in [-0.1, -0.05) is 0 Å². The third-order valence-electron chi connectivity index (χ3n) is 3.03. The average Bonchev–Trinajstić information content (AvgIpc) is 2.29. The van der Waals surface area contributed by atoms with E-state index in [4.69, 9.17) is 4.74 Å².